The molecule has 0 saturated heterocycles. The Morgan fingerprint density at radius 1 is 1.27 bits per heavy atom. The number of thiol groups is 1. The molecule has 0 aromatic rings. The normalized spacial score (nSPS) is 12.3. The van der Waals surface area contributed by atoms with E-state index in [1.165, 1.54) is 0 Å². The Hall–Kier alpha value is 0.487. The molecule has 0 saturated carbocycles. The molecule has 68 valence electrons. The van der Waals surface area contributed by atoms with E-state index in [-0.39, 0.29) is 5.41 Å². The molecular weight excluding hydrogens is 176 g/mol. The Morgan fingerprint density at radius 3 is 2.00 bits per heavy atom. The zero-order valence-corrected chi connectivity index (χ0v) is 10.5. The third-order valence-corrected chi connectivity index (χ3v) is 2.77. The summed E-state index contributed by atoms with van der Waals surface area (Å²) in [7, 11) is 0.904. The van der Waals surface area contributed by atoms with E-state index < -0.39 is 0 Å². The van der Waals surface area contributed by atoms with Crippen LogP contribution in [0.5, 0.6) is 0 Å². The lowest BCUT2D eigenvalue weighted by Crippen LogP contribution is -2.37. The molecule has 0 N–H and O–H groups in total. The van der Waals surface area contributed by atoms with Gasteiger partial charge >= 0.3 is 0 Å². The van der Waals surface area contributed by atoms with E-state index in [4.69, 9.17) is 9.47 Å². The SMILES string of the molecule is CCOC([SiH3])(CCS)OCC. The second-order valence-corrected chi connectivity index (χ2v) is 4.44. The highest BCUT2D eigenvalue weighted by molar-refractivity contribution is 7.80. The average molecular weight is 194 g/mol. The van der Waals surface area contributed by atoms with Crippen LogP contribution in [0.1, 0.15) is 20.3 Å². The molecule has 0 unspecified atom stereocenters. The van der Waals surface area contributed by atoms with Gasteiger partial charge in [0.1, 0.15) is 5.41 Å². The summed E-state index contributed by atoms with van der Waals surface area (Å²) in [5.74, 6) is 0.823. The lowest BCUT2D eigenvalue weighted by molar-refractivity contribution is -0.173. The monoisotopic (exact) mass is 194 g/mol. The largest absolute Gasteiger partial charge is 0.355 e. The van der Waals surface area contributed by atoms with Crippen molar-refractivity contribution in [2.75, 3.05) is 19.0 Å². The third-order valence-electron chi connectivity index (χ3n) is 1.47. The van der Waals surface area contributed by atoms with E-state index in [2.05, 4.69) is 12.6 Å². The summed E-state index contributed by atoms with van der Waals surface area (Å²) >= 11 is 4.16. The molecule has 0 aromatic heterocycles. The molecule has 0 aliphatic carbocycles. The van der Waals surface area contributed by atoms with Crippen LogP contribution in [0.2, 0.25) is 0 Å². The lowest BCUT2D eigenvalue weighted by Gasteiger charge is -2.28. The van der Waals surface area contributed by atoms with Crippen molar-refractivity contribution in [3.63, 3.8) is 0 Å². The maximum absolute atomic E-state index is 5.50. The predicted octanol–water partition coefficient (Wildman–Crippen LogP) is 0.398. The van der Waals surface area contributed by atoms with E-state index >= 15 is 0 Å². The Morgan fingerprint density at radius 2 is 1.73 bits per heavy atom. The van der Waals surface area contributed by atoms with Gasteiger partial charge in [-0.3, -0.25) is 0 Å². The molecule has 0 rings (SSSR count). The first-order valence-electron chi connectivity index (χ1n) is 4.07. The zero-order valence-electron chi connectivity index (χ0n) is 7.59. The Kier molecular flexibility index (Phi) is 6.32. The standard InChI is InChI=1S/C7H18O2SSi/c1-3-8-7(11,5-6-10)9-4-2/h10H,3-6H2,1-2,11H3. The van der Waals surface area contributed by atoms with Crippen LogP contribution in [0.4, 0.5) is 0 Å². The summed E-state index contributed by atoms with van der Waals surface area (Å²) in [6.45, 7) is 5.42. The van der Waals surface area contributed by atoms with Crippen molar-refractivity contribution in [3.8, 4) is 0 Å². The van der Waals surface area contributed by atoms with Gasteiger partial charge in [0, 0.05) is 19.6 Å². The zero-order chi connectivity index (χ0) is 8.74. The summed E-state index contributed by atoms with van der Waals surface area (Å²) in [6, 6.07) is 0. The minimum Gasteiger partial charge on any atom is -0.355 e. The molecule has 0 heterocycles. The fourth-order valence-corrected chi connectivity index (χ4v) is 2.65. The van der Waals surface area contributed by atoms with Crippen molar-refractivity contribution < 1.29 is 9.47 Å². The maximum atomic E-state index is 5.50. The highest BCUT2D eigenvalue weighted by atomic mass is 32.1. The van der Waals surface area contributed by atoms with Gasteiger partial charge in [-0.2, -0.15) is 12.6 Å². The molecule has 0 amide bonds. The van der Waals surface area contributed by atoms with Crippen LogP contribution >= 0.6 is 12.6 Å². The molecule has 11 heavy (non-hydrogen) atoms. The van der Waals surface area contributed by atoms with Gasteiger partial charge in [-0.1, -0.05) is 0 Å². The summed E-state index contributed by atoms with van der Waals surface area (Å²) in [6.07, 6.45) is 0.893. The van der Waals surface area contributed by atoms with Crippen LogP contribution in [0.25, 0.3) is 0 Å². The Labute approximate surface area is 77.5 Å². The van der Waals surface area contributed by atoms with Crippen molar-refractivity contribution in [1.29, 1.82) is 0 Å². The van der Waals surface area contributed by atoms with Crippen molar-refractivity contribution >= 4 is 22.9 Å². The van der Waals surface area contributed by atoms with E-state index in [0.717, 1.165) is 35.6 Å². The lowest BCUT2D eigenvalue weighted by atomic mass is 10.4. The molecule has 0 aliphatic heterocycles. The average Bonchev–Trinajstić information content (AvgIpc) is 1.88. The van der Waals surface area contributed by atoms with Gasteiger partial charge in [-0.25, -0.2) is 0 Å². The topological polar surface area (TPSA) is 18.5 Å². The molecule has 2 nitrogen and oxygen atoms in total. The maximum Gasteiger partial charge on any atom is 0.142 e. The first-order chi connectivity index (χ1) is 5.18. The number of hydrogen-bond acceptors (Lipinski definition) is 3. The molecule has 0 aliphatic rings. The van der Waals surface area contributed by atoms with Gasteiger partial charge in [0.25, 0.3) is 0 Å². The second-order valence-electron chi connectivity index (χ2n) is 2.47. The molecule has 0 bridgehead atoms. The molecule has 0 aromatic carbocycles. The summed E-state index contributed by atoms with van der Waals surface area (Å²) in [5.41, 5.74) is -0.286. The second kappa shape index (κ2) is 6.05. The van der Waals surface area contributed by atoms with E-state index in [9.17, 15) is 0 Å². The van der Waals surface area contributed by atoms with E-state index in [1.54, 1.807) is 0 Å². The van der Waals surface area contributed by atoms with Crippen molar-refractivity contribution in [2.24, 2.45) is 0 Å². The van der Waals surface area contributed by atoms with Crippen LogP contribution in [-0.2, 0) is 9.47 Å². The molecule has 0 fully saturated rings. The predicted molar refractivity (Wildman–Crippen MR) is 54.4 cm³/mol. The van der Waals surface area contributed by atoms with Crippen molar-refractivity contribution in [1.82, 2.24) is 0 Å². The first kappa shape index (κ1) is 11.5. The molecule has 0 atom stereocenters. The third kappa shape index (κ3) is 4.84. The van der Waals surface area contributed by atoms with Gasteiger partial charge in [-0.15, -0.1) is 0 Å². The van der Waals surface area contributed by atoms with Gasteiger partial charge in [0.15, 0.2) is 0 Å². The first-order valence-corrected chi connectivity index (χ1v) is 5.70. The highest BCUT2D eigenvalue weighted by Crippen LogP contribution is 2.13. The Bertz CT molecular complexity index is 83.4. The smallest absolute Gasteiger partial charge is 0.142 e. The van der Waals surface area contributed by atoms with Gasteiger partial charge in [-0.05, 0) is 19.6 Å². The van der Waals surface area contributed by atoms with Crippen molar-refractivity contribution in [2.45, 2.75) is 25.7 Å². The minimum absolute atomic E-state index is 0.286. The summed E-state index contributed by atoms with van der Waals surface area (Å²) in [4.78, 5) is 0. The van der Waals surface area contributed by atoms with Gasteiger partial charge < -0.3 is 9.47 Å². The van der Waals surface area contributed by atoms with Gasteiger partial charge in [0.2, 0.25) is 0 Å². The van der Waals surface area contributed by atoms with Crippen LogP contribution in [0, 0.1) is 0 Å². The van der Waals surface area contributed by atoms with Gasteiger partial charge in [0.05, 0.1) is 10.2 Å². The molecule has 4 heteroatoms. The summed E-state index contributed by atoms with van der Waals surface area (Å²) < 4.78 is 11.0. The minimum atomic E-state index is -0.286. The highest BCUT2D eigenvalue weighted by Gasteiger charge is 2.22. The molecular formula is C7H18O2SSi. The fraction of sp³-hybridized carbons (Fsp3) is 1.00. The van der Waals surface area contributed by atoms with E-state index in [1.807, 2.05) is 13.8 Å². The van der Waals surface area contributed by atoms with Crippen LogP contribution in [0.3, 0.4) is 0 Å². The number of rotatable bonds is 6. The Balaban J connectivity index is 3.79. The van der Waals surface area contributed by atoms with Crippen LogP contribution in [0.15, 0.2) is 0 Å². The van der Waals surface area contributed by atoms with Crippen LogP contribution < -0.4 is 0 Å². The van der Waals surface area contributed by atoms with Crippen molar-refractivity contribution in [3.05, 3.63) is 0 Å². The molecule has 0 spiro atoms. The van der Waals surface area contributed by atoms with E-state index in [0.29, 0.717) is 0 Å². The quantitative estimate of drug-likeness (QED) is 0.375. The van der Waals surface area contributed by atoms with Crippen LogP contribution in [-0.4, -0.2) is 34.6 Å². The number of ether oxygens (including phenoxy) is 2. The molecule has 0 radical (unpaired) electrons. The number of hydrogen-bond donors (Lipinski definition) is 1. The summed E-state index contributed by atoms with van der Waals surface area (Å²) in [5, 5.41) is 0. The fourth-order valence-electron chi connectivity index (χ4n) is 1.000.